The molecule has 2 atom stereocenters. The Balaban J connectivity index is 2.02. The lowest BCUT2D eigenvalue weighted by molar-refractivity contribution is 0.810. The molecule has 2 aromatic rings. The van der Waals surface area contributed by atoms with Gasteiger partial charge >= 0.3 is 0 Å². The van der Waals surface area contributed by atoms with Crippen LogP contribution in [0.1, 0.15) is 25.1 Å². The van der Waals surface area contributed by atoms with E-state index in [4.69, 9.17) is 0 Å². The number of hydrogen-bond acceptors (Lipinski definition) is 2. The van der Waals surface area contributed by atoms with E-state index in [0.29, 0.717) is 5.92 Å². The van der Waals surface area contributed by atoms with E-state index in [-0.39, 0.29) is 0 Å². The van der Waals surface area contributed by atoms with Gasteiger partial charge in [-0.1, -0.05) is 25.1 Å². The molecule has 3 heteroatoms. The smallest absolute Gasteiger partial charge is 0.140 e. The second kappa shape index (κ2) is 3.19. The Morgan fingerprint density at radius 1 is 1.27 bits per heavy atom. The summed E-state index contributed by atoms with van der Waals surface area (Å²) in [6, 6.07) is 10.3. The molecule has 15 heavy (non-hydrogen) atoms. The highest BCUT2D eigenvalue weighted by Crippen LogP contribution is 2.46. The largest absolute Gasteiger partial charge is 0.285 e. The van der Waals surface area contributed by atoms with E-state index in [1.54, 1.807) is 6.33 Å². The zero-order chi connectivity index (χ0) is 10.3. The first kappa shape index (κ1) is 8.65. The van der Waals surface area contributed by atoms with Crippen molar-refractivity contribution < 1.29 is 0 Å². The van der Waals surface area contributed by atoms with Crippen molar-refractivity contribution in [3.8, 4) is 5.69 Å². The zero-order valence-electron chi connectivity index (χ0n) is 8.67. The maximum Gasteiger partial charge on any atom is 0.140 e. The minimum Gasteiger partial charge on any atom is -0.285 e. The standard InChI is InChI=1S/C12H13N3/c1-9-7-11(9)12-14-13-8-15(12)10-5-3-2-4-6-10/h2-6,8-9,11H,7H2,1H3. The van der Waals surface area contributed by atoms with Crippen molar-refractivity contribution in [2.75, 3.05) is 0 Å². The van der Waals surface area contributed by atoms with Crippen LogP contribution in [0.15, 0.2) is 36.7 Å². The van der Waals surface area contributed by atoms with E-state index < -0.39 is 0 Å². The molecule has 76 valence electrons. The van der Waals surface area contributed by atoms with Gasteiger partial charge in [-0.05, 0) is 24.5 Å². The summed E-state index contributed by atoms with van der Waals surface area (Å²) >= 11 is 0. The zero-order valence-corrected chi connectivity index (χ0v) is 8.67. The molecule has 1 heterocycles. The minimum atomic E-state index is 0.604. The third-order valence-electron chi connectivity index (χ3n) is 3.05. The average molecular weight is 199 g/mol. The molecule has 3 rings (SSSR count). The Kier molecular flexibility index (Phi) is 1.84. The van der Waals surface area contributed by atoms with Gasteiger partial charge in [0.2, 0.25) is 0 Å². The molecular formula is C12H13N3. The van der Waals surface area contributed by atoms with Gasteiger partial charge < -0.3 is 0 Å². The number of nitrogens with zero attached hydrogens (tertiary/aromatic N) is 3. The Hall–Kier alpha value is -1.64. The molecule has 2 unspecified atom stereocenters. The summed E-state index contributed by atoms with van der Waals surface area (Å²) in [6.45, 7) is 2.26. The van der Waals surface area contributed by atoms with Crippen molar-refractivity contribution >= 4 is 0 Å². The lowest BCUT2D eigenvalue weighted by Crippen LogP contribution is -1.98. The highest BCUT2D eigenvalue weighted by atomic mass is 15.3. The van der Waals surface area contributed by atoms with Crippen molar-refractivity contribution in [1.29, 1.82) is 0 Å². The van der Waals surface area contributed by atoms with E-state index in [1.165, 1.54) is 6.42 Å². The minimum absolute atomic E-state index is 0.604. The van der Waals surface area contributed by atoms with Crippen molar-refractivity contribution in [3.05, 3.63) is 42.5 Å². The summed E-state index contributed by atoms with van der Waals surface area (Å²) in [4.78, 5) is 0. The van der Waals surface area contributed by atoms with Gasteiger partial charge in [0.15, 0.2) is 0 Å². The molecule has 1 fully saturated rings. The maximum absolute atomic E-state index is 4.22. The average Bonchev–Trinajstić information content (AvgIpc) is 2.82. The van der Waals surface area contributed by atoms with Gasteiger partial charge in [-0.2, -0.15) is 0 Å². The monoisotopic (exact) mass is 199 g/mol. The van der Waals surface area contributed by atoms with Crippen LogP contribution in [0.5, 0.6) is 0 Å². The molecule has 1 saturated carbocycles. The predicted octanol–water partition coefficient (Wildman–Crippen LogP) is 2.39. The van der Waals surface area contributed by atoms with Gasteiger partial charge in [0.1, 0.15) is 12.2 Å². The molecule has 0 aliphatic heterocycles. The first-order chi connectivity index (χ1) is 7.36. The number of rotatable bonds is 2. The Morgan fingerprint density at radius 3 is 2.67 bits per heavy atom. The molecule has 1 aromatic heterocycles. The van der Waals surface area contributed by atoms with Gasteiger partial charge in [-0.3, -0.25) is 4.57 Å². The van der Waals surface area contributed by atoms with Gasteiger partial charge in [0.25, 0.3) is 0 Å². The first-order valence-electron chi connectivity index (χ1n) is 5.31. The highest BCUT2D eigenvalue weighted by Gasteiger charge is 2.38. The van der Waals surface area contributed by atoms with Crippen LogP contribution >= 0.6 is 0 Å². The summed E-state index contributed by atoms with van der Waals surface area (Å²) in [5, 5.41) is 8.23. The van der Waals surface area contributed by atoms with Gasteiger partial charge in [-0.25, -0.2) is 0 Å². The molecular weight excluding hydrogens is 186 g/mol. The van der Waals surface area contributed by atoms with Crippen LogP contribution in [-0.4, -0.2) is 14.8 Å². The fourth-order valence-electron chi connectivity index (χ4n) is 1.97. The van der Waals surface area contributed by atoms with Crippen molar-refractivity contribution in [1.82, 2.24) is 14.8 Å². The molecule has 1 aromatic carbocycles. The molecule has 0 N–H and O–H groups in total. The molecule has 3 nitrogen and oxygen atoms in total. The van der Waals surface area contributed by atoms with E-state index in [0.717, 1.165) is 17.4 Å². The van der Waals surface area contributed by atoms with Crippen LogP contribution in [0.3, 0.4) is 0 Å². The molecule has 0 saturated heterocycles. The van der Waals surface area contributed by atoms with Crippen molar-refractivity contribution in [2.45, 2.75) is 19.3 Å². The van der Waals surface area contributed by atoms with Gasteiger partial charge in [-0.15, -0.1) is 10.2 Å². The molecule has 0 radical (unpaired) electrons. The van der Waals surface area contributed by atoms with Crippen molar-refractivity contribution in [3.63, 3.8) is 0 Å². The Labute approximate surface area is 88.8 Å². The lowest BCUT2D eigenvalue weighted by Gasteiger charge is -2.04. The van der Waals surface area contributed by atoms with Crippen LogP contribution in [0.25, 0.3) is 5.69 Å². The Bertz CT molecular complexity index is 461. The van der Waals surface area contributed by atoms with Crippen molar-refractivity contribution in [2.24, 2.45) is 5.92 Å². The van der Waals surface area contributed by atoms with E-state index in [2.05, 4.69) is 33.8 Å². The number of para-hydroxylation sites is 1. The second-order valence-electron chi connectivity index (χ2n) is 4.21. The fourth-order valence-corrected chi connectivity index (χ4v) is 1.97. The molecule has 0 amide bonds. The third kappa shape index (κ3) is 1.44. The summed E-state index contributed by atoms with van der Waals surface area (Å²) in [5.41, 5.74) is 1.15. The molecule has 1 aliphatic rings. The lowest BCUT2D eigenvalue weighted by atomic mass is 10.3. The topological polar surface area (TPSA) is 30.7 Å². The predicted molar refractivity (Wildman–Crippen MR) is 57.9 cm³/mol. The van der Waals surface area contributed by atoms with Crippen LogP contribution in [-0.2, 0) is 0 Å². The van der Waals surface area contributed by atoms with E-state index in [9.17, 15) is 0 Å². The van der Waals surface area contributed by atoms with Crippen LogP contribution < -0.4 is 0 Å². The maximum atomic E-state index is 4.22. The molecule has 1 aliphatic carbocycles. The third-order valence-corrected chi connectivity index (χ3v) is 3.05. The normalized spacial score (nSPS) is 24.1. The van der Waals surface area contributed by atoms with E-state index in [1.807, 2.05) is 18.2 Å². The highest BCUT2D eigenvalue weighted by molar-refractivity contribution is 5.33. The van der Waals surface area contributed by atoms with Crippen LogP contribution in [0, 0.1) is 5.92 Å². The summed E-state index contributed by atoms with van der Waals surface area (Å²) in [7, 11) is 0. The molecule has 0 bridgehead atoms. The molecule has 0 spiro atoms. The Morgan fingerprint density at radius 2 is 2.00 bits per heavy atom. The first-order valence-corrected chi connectivity index (χ1v) is 5.31. The van der Waals surface area contributed by atoms with E-state index >= 15 is 0 Å². The summed E-state index contributed by atoms with van der Waals surface area (Å²) < 4.78 is 2.09. The second-order valence-corrected chi connectivity index (χ2v) is 4.21. The summed E-state index contributed by atoms with van der Waals surface area (Å²) in [5.74, 6) is 2.47. The van der Waals surface area contributed by atoms with Crippen LogP contribution in [0.4, 0.5) is 0 Å². The van der Waals surface area contributed by atoms with Crippen LogP contribution in [0.2, 0.25) is 0 Å². The SMILES string of the molecule is CC1CC1c1nncn1-c1ccccc1. The van der Waals surface area contributed by atoms with Gasteiger partial charge in [0.05, 0.1) is 0 Å². The number of aromatic nitrogens is 3. The number of benzene rings is 1. The fraction of sp³-hybridized carbons (Fsp3) is 0.333. The quantitative estimate of drug-likeness (QED) is 0.743. The number of hydrogen-bond donors (Lipinski definition) is 0. The van der Waals surface area contributed by atoms with Gasteiger partial charge in [0, 0.05) is 11.6 Å². The summed E-state index contributed by atoms with van der Waals surface area (Å²) in [6.07, 6.45) is 3.04.